The molecule has 4 aromatic rings. The maximum atomic E-state index is 14.0. The minimum Gasteiger partial charge on any atom is -0.508 e. The SMILES string of the molecule is COc1cc(O[C@H]2[C@H](O[C@H]3[C@H](Oc4c(-c5ccc(O)c(O)c5)oc5cc(O)cc(O)c5c4=O)O[C@H](CO)[C@H](O)[C@@H]3O)O[C@@H](C)[C@H](O)[C@H]2O)cc(OC)c1O. The smallest absolute Gasteiger partial charge is 0.239 e. The van der Waals surface area contributed by atoms with Crippen LogP contribution in [0.25, 0.3) is 22.3 Å². The lowest BCUT2D eigenvalue weighted by Gasteiger charge is -2.46. The van der Waals surface area contributed by atoms with Gasteiger partial charge >= 0.3 is 0 Å². The van der Waals surface area contributed by atoms with E-state index in [1.165, 1.54) is 39.3 Å². The van der Waals surface area contributed by atoms with Crippen molar-refractivity contribution in [3.8, 4) is 63.1 Å². The number of hydrogen-bond donors (Lipinski definition) is 10. The summed E-state index contributed by atoms with van der Waals surface area (Å²) in [7, 11) is 2.53. The van der Waals surface area contributed by atoms with Crippen molar-refractivity contribution in [1.82, 2.24) is 0 Å². The molecule has 292 valence electrons. The van der Waals surface area contributed by atoms with Crippen LogP contribution in [0.3, 0.4) is 0 Å². The molecule has 19 heteroatoms. The molecule has 6 rings (SSSR count). The van der Waals surface area contributed by atoms with Crippen molar-refractivity contribution < 1.29 is 88.6 Å². The van der Waals surface area contributed by atoms with Gasteiger partial charge in [0.1, 0.15) is 58.7 Å². The predicted octanol–water partition coefficient (Wildman–Crippen LogP) is 0.122. The molecule has 2 fully saturated rings. The first-order valence-corrected chi connectivity index (χ1v) is 16.3. The predicted molar refractivity (Wildman–Crippen MR) is 180 cm³/mol. The number of ether oxygens (including phenoxy) is 7. The van der Waals surface area contributed by atoms with Crippen LogP contribution < -0.4 is 24.4 Å². The number of aromatic hydroxyl groups is 5. The number of phenols is 5. The molecule has 0 spiro atoms. The summed E-state index contributed by atoms with van der Waals surface area (Å²) in [4.78, 5) is 14.0. The fourth-order valence-corrected chi connectivity index (χ4v) is 6.13. The number of fused-ring (bicyclic) bond motifs is 1. The summed E-state index contributed by atoms with van der Waals surface area (Å²) in [6.45, 7) is 0.531. The van der Waals surface area contributed by atoms with E-state index in [0.717, 1.165) is 24.3 Å². The number of aliphatic hydroxyl groups excluding tert-OH is 5. The summed E-state index contributed by atoms with van der Waals surface area (Å²) in [5.74, 6) is -4.12. The normalized spacial score (nSPS) is 28.4. The van der Waals surface area contributed by atoms with Gasteiger partial charge in [-0.25, -0.2) is 0 Å². The van der Waals surface area contributed by atoms with Crippen molar-refractivity contribution in [3.05, 3.63) is 52.7 Å². The van der Waals surface area contributed by atoms with Crippen LogP contribution >= 0.6 is 0 Å². The molecule has 54 heavy (non-hydrogen) atoms. The number of phenolic OH excluding ortho intramolecular Hbond substituents is 5. The third-order valence-corrected chi connectivity index (χ3v) is 9.02. The molecule has 0 aliphatic carbocycles. The van der Waals surface area contributed by atoms with Crippen LogP contribution in [0.2, 0.25) is 0 Å². The lowest BCUT2D eigenvalue weighted by molar-refractivity contribution is -0.351. The molecule has 3 aromatic carbocycles. The monoisotopic (exact) mass is 762 g/mol. The molecule has 0 amide bonds. The van der Waals surface area contributed by atoms with Crippen LogP contribution in [0, 0.1) is 0 Å². The van der Waals surface area contributed by atoms with Crippen LogP contribution in [0.1, 0.15) is 6.92 Å². The molecule has 2 saturated heterocycles. The number of aliphatic hydroxyl groups is 5. The number of methoxy groups -OCH3 is 2. The third-order valence-electron chi connectivity index (χ3n) is 9.02. The van der Waals surface area contributed by atoms with Gasteiger partial charge in [-0.15, -0.1) is 0 Å². The van der Waals surface area contributed by atoms with E-state index in [9.17, 15) is 55.9 Å². The first-order valence-electron chi connectivity index (χ1n) is 16.3. The molecular formula is C35H38O19. The Morgan fingerprint density at radius 1 is 0.722 bits per heavy atom. The molecule has 2 aliphatic heterocycles. The molecule has 0 bridgehead atoms. The van der Waals surface area contributed by atoms with E-state index >= 15 is 0 Å². The second-order valence-corrected chi connectivity index (χ2v) is 12.5. The lowest BCUT2D eigenvalue weighted by Crippen LogP contribution is -2.65. The quantitative estimate of drug-likeness (QED) is 0.0960. The Kier molecular flexibility index (Phi) is 10.9. The largest absolute Gasteiger partial charge is 0.508 e. The Labute approximate surface area is 304 Å². The van der Waals surface area contributed by atoms with Crippen molar-refractivity contribution in [2.24, 2.45) is 0 Å². The number of rotatable bonds is 10. The van der Waals surface area contributed by atoms with Gasteiger partial charge in [0, 0.05) is 29.8 Å². The first kappa shape index (κ1) is 38.5. The second-order valence-electron chi connectivity index (χ2n) is 12.5. The Morgan fingerprint density at radius 2 is 1.39 bits per heavy atom. The van der Waals surface area contributed by atoms with Gasteiger partial charge in [-0.05, 0) is 25.1 Å². The second kappa shape index (κ2) is 15.2. The van der Waals surface area contributed by atoms with Crippen LogP contribution in [0.5, 0.6) is 51.7 Å². The Balaban J connectivity index is 1.43. The highest BCUT2D eigenvalue weighted by Crippen LogP contribution is 2.42. The molecule has 3 heterocycles. The van der Waals surface area contributed by atoms with E-state index in [2.05, 4.69) is 0 Å². The van der Waals surface area contributed by atoms with Crippen molar-refractivity contribution in [2.75, 3.05) is 20.8 Å². The molecule has 0 unspecified atom stereocenters. The highest BCUT2D eigenvalue weighted by atomic mass is 16.8. The summed E-state index contributed by atoms with van der Waals surface area (Å²) in [5, 5.41) is 105. The van der Waals surface area contributed by atoms with E-state index in [0.29, 0.717) is 0 Å². The molecule has 1 aromatic heterocycles. The van der Waals surface area contributed by atoms with Gasteiger partial charge in [0.15, 0.2) is 47.3 Å². The number of benzene rings is 3. The minimum atomic E-state index is -1.97. The summed E-state index contributed by atoms with van der Waals surface area (Å²) in [6.07, 6.45) is -16.9. The topological polar surface area (TPSA) is 297 Å². The Hall–Kier alpha value is -5.25. The van der Waals surface area contributed by atoms with Crippen molar-refractivity contribution >= 4 is 11.0 Å². The van der Waals surface area contributed by atoms with Crippen LogP contribution in [-0.4, -0.2) is 133 Å². The average Bonchev–Trinajstić information content (AvgIpc) is 3.14. The maximum absolute atomic E-state index is 14.0. The van der Waals surface area contributed by atoms with E-state index in [1.807, 2.05) is 0 Å². The molecule has 0 saturated carbocycles. The standard InChI is InChI=1S/C35H38O19/c1-12-24(41)28(45)32(50-15-9-20(47-2)25(42)21(10-15)48-3)34(49-12)54-33-29(46)26(43)22(11-36)52-35(33)53-31-27(44)23-18(40)7-14(37)8-19(23)51-30(31)13-4-5-16(38)17(39)6-13/h4-10,12,22,24,26,28-29,32-43,45-46H,11H2,1-3H3/t12-,22+,24-,26-,28+,29-,32+,33+,34-,35-/m0/s1. The van der Waals surface area contributed by atoms with Crippen molar-refractivity contribution in [3.63, 3.8) is 0 Å². The van der Waals surface area contributed by atoms with Gasteiger partial charge in [0.25, 0.3) is 0 Å². The average molecular weight is 763 g/mol. The minimum absolute atomic E-state index is 0.0653. The molecule has 10 N–H and O–H groups in total. The van der Waals surface area contributed by atoms with E-state index < -0.39 is 113 Å². The van der Waals surface area contributed by atoms with Crippen LogP contribution in [-0.2, 0) is 14.2 Å². The molecule has 0 radical (unpaired) electrons. The van der Waals surface area contributed by atoms with Crippen LogP contribution in [0.15, 0.2) is 51.7 Å². The number of hydrogen-bond acceptors (Lipinski definition) is 19. The molecule has 19 nitrogen and oxygen atoms in total. The molecule has 2 aliphatic rings. The Morgan fingerprint density at radius 3 is 2.02 bits per heavy atom. The zero-order chi connectivity index (χ0) is 39.2. The first-order chi connectivity index (χ1) is 25.7. The fraction of sp³-hybridized carbons (Fsp3) is 0.400. The van der Waals surface area contributed by atoms with Crippen molar-refractivity contribution in [2.45, 2.75) is 68.3 Å². The van der Waals surface area contributed by atoms with Crippen LogP contribution in [0.4, 0.5) is 0 Å². The maximum Gasteiger partial charge on any atom is 0.239 e. The molecule has 10 atom stereocenters. The highest BCUT2D eigenvalue weighted by Gasteiger charge is 2.52. The van der Waals surface area contributed by atoms with Gasteiger partial charge in [0.05, 0.1) is 26.9 Å². The van der Waals surface area contributed by atoms with Gasteiger partial charge in [-0.1, -0.05) is 0 Å². The van der Waals surface area contributed by atoms with E-state index in [-0.39, 0.29) is 34.1 Å². The van der Waals surface area contributed by atoms with E-state index in [4.69, 9.17) is 37.6 Å². The third kappa shape index (κ3) is 7.06. The summed E-state index contributed by atoms with van der Waals surface area (Å²) < 4.78 is 45.9. The van der Waals surface area contributed by atoms with Gasteiger partial charge < -0.3 is 88.6 Å². The highest BCUT2D eigenvalue weighted by molar-refractivity contribution is 5.88. The summed E-state index contributed by atoms with van der Waals surface area (Å²) >= 11 is 0. The summed E-state index contributed by atoms with van der Waals surface area (Å²) in [6, 6.07) is 7.68. The van der Waals surface area contributed by atoms with Crippen molar-refractivity contribution in [1.29, 1.82) is 0 Å². The lowest BCUT2D eigenvalue weighted by atomic mass is 9.97. The zero-order valence-corrected chi connectivity index (χ0v) is 28.7. The van der Waals surface area contributed by atoms with Gasteiger partial charge in [-0.3, -0.25) is 4.79 Å². The zero-order valence-electron chi connectivity index (χ0n) is 28.7. The van der Waals surface area contributed by atoms with Gasteiger partial charge in [0.2, 0.25) is 23.2 Å². The Bertz CT molecular complexity index is 2020. The van der Waals surface area contributed by atoms with Gasteiger partial charge in [-0.2, -0.15) is 0 Å². The van der Waals surface area contributed by atoms with E-state index in [1.54, 1.807) is 0 Å². The molecular weight excluding hydrogens is 724 g/mol. The summed E-state index contributed by atoms with van der Waals surface area (Å²) in [5.41, 5.74) is -1.45. The fourth-order valence-electron chi connectivity index (χ4n) is 6.13.